The molecule has 9 atom stereocenters. The van der Waals surface area contributed by atoms with Crippen LogP contribution in [0.1, 0.15) is 106 Å². The predicted octanol–water partition coefficient (Wildman–Crippen LogP) is 6.20. The molecule has 5 aliphatic carbocycles. The Labute approximate surface area is 206 Å². The Hall–Kier alpha value is -0.870. The van der Waals surface area contributed by atoms with E-state index in [2.05, 4.69) is 54.5 Å². The van der Waals surface area contributed by atoms with Crippen LogP contribution in [-0.4, -0.2) is 33.5 Å². The molecule has 4 saturated carbocycles. The molecule has 3 N–H and O–H groups in total. The molecular weight excluding hydrogens is 424 g/mol. The molecule has 0 aromatic rings. The van der Waals surface area contributed by atoms with Gasteiger partial charge >= 0.3 is 5.97 Å². The maximum absolute atomic E-state index is 12.8. The van der Waals surface area contributed by atoms with E-state index in [-0.39, 0.29) is 33.0 Å². The molecule has 4 fully saturated rings. The Bertz CT molecular complexity index is 919. The minimum Gasteiger partial charge on any atom is -0.481 e. The summed E-state index contributed by atoms with van der Waals surface area (Å²) < 4.78 is 0. The van der Waals surface area contributed by atoms with E-state index in [0.717, 1.165) is 51.4 Å². The van der Waals surface area contributed by atoms with Crippen molar-refractivity contribution in [2.45, 2.75) is 118 Å². The summed E-state index contributed by atoms with van der Waals surface area (Å²) in [5.41, 5.74) is 0.754. The zero-order valence-electron chi connectivity index (χ0n) is 22.6. The number of carbonyl (C=O) groups is 1. The lowest BCUT2D eigenvalue weighted by Gasteiger charge is -2.71. The van der Waals surface area contributed by atoms with Gasteiger partial charge in [0.25, 0.3) is 0 Å². The second kappa shape index (κ2) is 7.12. The Morgan fingerprint density at radius 2 is 1.53 bits per heavy atom. The highest BCUT2D eigenvalue weighted by atomic mass is 16.4. The molecule has 192 valence electrons. The van der Waals surface area contributed by atoms with Gasteiger partial charge in [0, 0.05) is 0 Å². The lowest BCUT2D eigenvalue weighted by Crippen LogP contribution is -2.67. The second-order valence-corrected chi connectivity index (χ2v) is 15.2. The van der Waals surface area contributed by atoms with E-state index in [0.29, 0.717) is 18.3 Å². The molecule has 34 heavy (non-hydrogen) atoms. The smallest absolute Gasteiger partial charge is 0.310 e. The number of carboxylic acid groups (broad SMARTS) is 1. The van der Waals surface area contributed by atoms with Crippen LogP contribution in [0.2, 0.25) is 0 Å². The maximum atomic E-state index is 12.8. The van der Waals surface area contributed by atoms with E-state index in [9.17, 15) is 20.1 Å². The summed E-state index contributed by atoms with van der Waals surface area (Å²) in [5, 5.41) is 32.4. The average Bonchev–Trinajstić information content (AvgIpc) is 2.72. The fraction of sp³-hybridized carbons (Fsp3) is 0.900. The molecule has 0 aliphatic heterocycles. The first kappa shape index (κ1) is 24.8. The van der Waals surface area contributed by atoms with Crippen molar-refractivity contribution in [2.24, 2.45) is 50.2 Å². The Morgan fingerprint density at radius 3 is 2.18 bits per heavy atom. The summed E-state index contributed by atoms with van der Waals surface area (Å²) in [6, 6.07) is 0. The van der Waals surface area contributed by atoms with Gasteiger partial charge in [-0.15, -0.1) is 0 Å². The fourth-order valence-corrected chi connectivity index (χ4v) is 10.8. The minimum atomic E-state index is -0.679. The molecule has 0 aromatic heterocycles. The van der Waals surface area contributed by atoms with Crippen molar-refractivity contribution in [3.05, 3.63) is 11.6 Å². The molecule has 5 rings (SSSR count). The second-order valence-electron chi connectivity index (χ2n) is 15.2. The molecule has 5 aliphatic rings. The molecule has 4 heteroatoms. The van der Waals surface area contributed by atoms with Gasteiger partial charge in [0.05, 0.1) is 17.6 Å². The van der Waals surface area contributed by atoms with Crippen LogP contribution in [0.15, 0.2) is 11.6 Å². The van der Waals surface area contributed by atoms with E-state index >= 15 is 0 Å². The van der Waals surface area contributed by atoms with Crippen molar-refractivity contribution in [3.8, 4) is 0 Å². The number of aliphatic carboxylic acids is 1. The van der Waals surface area contributed by atoms with Crippen molar-refractivity contribution in [2.75, 3.05) is 0 Å². The third kappa shape index (κ3) is 2.88. The van der Waals surface area contributed by atoms with E-state index in [1.165, 1.54) is 5.57 Å². The Kier molecular flexibility index (Phi) is 5.20. The molecular formula is C30H48O4. The quantitative estimate of drug-likeness (QED) is 0.397. The number of aliphatic hydroxyl groups is 2. The van der Waals surface area contributed by atoms with Gasteiger partial charge in [0.2, 0.25) is 0 Å². The monoisotopic (exact) mass is 472 g/mol. The number of hydrogen-bond donors (Lipinski definition) is 3. The first-order valence-corrected chi connectivity index (χ1v) is 13.9. The van der Waals surface area contributed by atoms with Crippen LogP contribution in [0.3, 0.4) is 0 Å². The SMILES string of the molecule is CC1(C)CC[C@]2(C(=O)O)CC[C@]3(C)C(=CC[C@@H]4[C@@]5(C)C[C@H](O)[C@H](O)C(C)(C)[C@H]5CC[C@]43C)[C@@H]2C1. The van der Waals surface area contributed by atoms with Gasteiger partial charge in [0.15, 0.2) is 0 Å². The molecule has 0 amide bonds. The topological polar surface area (TPSA) is 77.8 Å². The van der Waals surface area contributed by atoms with Crippen LogP contribution in [0.5, 0.6) is 0 Å². The number of carboxylic acids is 1. The molecule has 0 radical (unpaired) electrons. The van der Waals surface area contributed by atoms with Gasteiger partial charge in [0.1, 0.15) is 0 Å². The Morgan fingerprint density at radius 1 is 0.882 bits per heavy atom. The number of fused-ring (bicyclic) bond motifs is 7. The molecule has 0 bridgehead atoms. The summed E-state index contributed by atoms with van der Waals surface area (Å²) in [4.78, 5) is 12.8. The number of aliphatic hydroxyl groups excluding tert-OH is 2. The van der Waals surface area contributed by atoms with Gasteiger partial charge in [-0.2, -0.15) is 0 Å². The molecule has 0 saturated heterocycles. The van der Waals surface area contributed by atoms with Crippen LogP contribution in [-0.2, 0) is 4.79 Å². The third-order valence-corrected chi connectivity index (χ3v) is 13.0. The standard InChI is InChI=1S/C30H48O4/c1-25(2)12-14-30(24(33)34)15-13-28(6)18(19(30)16-25)8-9-22-27(5)17-20(31)23(32)26(3,4)21(27)10-11-29(22,28)7/h8,19-23,31-32H,9-17H2,1-7H3,(H,33,34)/t19-,20-,21+,22+,23-,27-,28+,29+,30-/m0/s1. The summed E-state index contributed by atoms with van der Waals surface area (Å²) in [6.45, 7) is 16.3. The summed E-state index contributed by atoms with van der Waals surface area (Å²) in [6.07, 6.45) is 9.45. The van der Waals surface area contributed by atoms with Gasteiger partial charge < -0.3 is 15.3 Å². The molecule has 4 nitrogen and oxygen atoms in total. The minimum absolute atomic E-state index is 0.00785. The third-order valence-electron chi connectivity index (χ3n) is 13.0. The summed E-state index contributed by atoms with van der Waals surface area (Å²) in [7, 11) is 0. The maximum Gasteiger partial charge on any atom is 0.310 e. The van der Waals surface area contributed by atoms with Gasteiger partial charge in [-0.25, -0.2) is 0 Å². The van der Waals surface area contributed by atoms with Crippen LogP contribution in [0, 0.1) is 50.2 Å². The average molecular weight is 473 g/mol. The van der Waals surface area contributed by atoms with Crippen LogP contribution >= 0.6 is 0 Å². The highest BCUT2D eigenvalue weighted by Gasteiger charge is 2.70. The number of hydrogen-bond acceptors (Lipinski definition) is 3. The first-order chi connectivity index (χ1) is 15.6. The summed E-state index contributed by atoms with van der Waals surface area (Å²) in [5.74, 6) is 0.365. The first-order valence-electron chi connectivity index (χ1n) is 13.9. The lowest BCUT2D eigenvalue weighted by atomic mass is 9.33. The fourth-order valence-electron chi connectivity index (χ4n) is 10.8. The van der Waals surface area contributed by atoms with Crippen molar-refractivity contribution >= 4 is 5.97 Å². The normalized spacial score (nSPS) is 53.4. The zero-order chi connectivity index (χ0) is 25.1. The largest absolute Gasteiger partial charge is 0.481 e. The highest BCUT2D eigenvalue weighted by molar-refractivity contribution is 5.76. The van der Waals surface area contributed by atoms with Gasteiger partial charge in [-0.1, -0.05) is 60.1 Å². The van der Waals surface area contributed by atoms with Crippen molar-refractivity contribution in [3.63, 3.8) is 0 Å². The lowest BCUT2D eigenvalue weighted by molar-refractivity contribution is -0.231. The van der Waals surface area contributed by atoms with Crippen molar-refractivity contribution in [1.29, 1.82) is 0 Å². The van der Waals surface area contributed by atoms with Crippen molar-refractivity contribution in [1.82, 2.24) is 0 Å². The van der Waals surface area contributed by atoms with E-state index in [4.69, 9.17) is 0 Å². The van der Waals surface area contributed by atoms with Gasteiger partial charge in [-0.3, -0.25) is 4.79 Å². The number of rotatable bonds is 1. The van der Waals surface area contributed by atoms with Crippen LogP contribution in [0.25, 0.3) is 0 Å². The van der Waals surface area contributed by atoms with E-state index in [1.807, 2.05) is 0 Å². The predicted molar refractivity (Wildman–Crippen MR) is 134 cm³/mol. The zero-order valence-corrected chi connectivity index (χ0v) is 22.6. The molecule has 0 heterocycles. The van der Waals surface area contributed by atoms with Crippen LogP contribution in [0.4, 0.5) is 0 Å². The molecule has 0 spiro atoms. The Balaban J connectivity index is 1.61. The molecule has 0 unspecified atom stereocenters. The van der Waals surface area contributed by atoms with Crippen molar-refractivity contribution < 1.29 is 20.1 Å². The van der Waals surface area contributed by atoms with E-state index in [1.54, 1.807) is 0 Å². The number of allylic oxidation sites excluding steroid dienone is 2. The highest BCUT2D eigenvalue weighted by Crippen LogP contribution is 2.75. The van der Waals surface area contributed by atoms with E-state index < -0.39 is 23.6 Å². The van der Waals surface area contributed by atoms with Crippen LogP contribution < -0.4 is 0 Å². The van der Waals surface area contributed by atoms with Gasteiger partial charge in [-0.05, 0) is 103 Å². The molecule has 0 aromatic carbocycles. The summed E-state index contributed by atoms with van der Waals surface area (Å²) >= 11 is 0.